The molecule has 0 unspecified atom stereocenters. The molecule has 2 aromatic rings. The van der Waals surface area contributed by atoms with E-state index in [2.05, 4.69) is 34.5 Å². The largest absolute Gasteiger partial charge is 0.497 e. The van der Waals surface area contributed by atoms with Gasteiger partial charge in [0.15, 0.2) is 0 Å². The number of hydrogen-bond donors (Lipinski definition) is 1. The lowest BCUT2D eigenvalue weighted by molar-refractivity contribution is 0.139. The topological polar surface area (TPSA) is 54.0 Å². The SMILES string of the molecule is COc1ccc(OCCNC(=O)N2CCN(CCc3ccccc3)CC2)cc1. The molecule has 6 nitrogen and oxygen atoms in total. The molecule has 150 valence electrons. The van der Waals surface area contributed by atoms with E-state index >= 15 is 0 Å². The van der Waals surface area contributed by atoms with Gasteiger partial charge in [-0.3, -0.25) is 4.90 Å². The normalized spacial score (nSPS) is 14.5. The Morgan fingerprint density at radius 3 is 2.32 bits per heavy atom. The lowest BCUT2D eigenvalue weighted by Crippen LogP contribution is -2.52. The minimum absolute atomic E-state index is 0.0129. The number of carbonyl (C=O) groups excluding carboxylic acids is 1. The van der Waals surface area contributed by atoms with Crippen LogP contribution in [0.2, 0.25) is 0 Å². The molecular formula is C22H29N3O3. The van der Waals surface area contributed by atoms with E-state index in [9.17, 15) is 4.79 Å². The number of benzene rings is 2. The Bertz CT molecular complexity index is 714. The van der Waals surface area contributed by atoms with Crippen molar-refractivity contribution in [2.75, 3.05) is 53.0 Å². The smallest absolute Gasteiger partial charge is 0.317 e. The molecule has 1 saturated heterocycles. The van der Waals surface area contributed by atoms with Gasteiger partial charge in [-0.2, -0.15) is 0 Å². The van der Waals surface area contributed by atoms with Crippen LogP contribution in [0.3, 0.4) is 0 Å². The zero-order valence-corrected chi connectivity index (χ0v) is 16.5. The van der Waals surface area contributed by atoms with Crippen molar-refractivity contribution >= 4 is 6.03 Å². The lowest BCUT2D eigenvalue weighted by Gasteiger charge is -2.34. The summed E-state index contributed by atoms with van der Waals surface area (Å²) in [4.78, 5) is 16.6. The summed E-state index contributed by atoms with van der Waals surface area (Å²) in [6.45, 7) is 5.33. The molecule has 0 saturated carbocycles. The summed E-state index contributed by atoms with van der Waals surface area (Å²) < 4.78 is 10.8. The fourth-order valence-electron chi connectivity index (χ4n) is 3.22. The Kier molecular flexibility index (Phi) is 7.55. The van der Waals surface area contributed by atoms with E-state index in [1.807, 2.05) is 35.2 Å². The summed E-state index contributed by atoms with van der Waals surface area (Å²) in [5, 5.41) is 2.94. The number of nitrogens with one attached hydrogen (secondary N) is 1. The highest BCUT2D eigenvalue weighted by molar-refractivity contribution is 5.74. The monoisotopic (exact) mass is 383 g/mol. The van der Waals surface area contributed by atoms with Crippen molar-refractivity contribution in [1.82, 2.24) is 15.1 Å². The molecule has 1 N–H and O–H groups in total. The van der Waals surface area contributed by atoms with E-state index < -0.39 is 0 Å². The molecule has 3 rings (SSSR count). The van der Waals surface area contributed by atoms with Crippen molar-refractivity contribution in [3.8, 4) is 11.5 Å². The highest BCUT2D eigenvalue weighted by atomic mass is 16.5. The Labute approximate surface area is 167 Å². The second-order valence-corrected chi connectivity index (χ2v) is 6.82. The van der Waals surface area contributed by atoms with Crippen molar-refractivity contribution in [2.45, 2.75) is 6.42 Å². The Morgan fingerprint density at radius 2 is 1.64 bits per heavy atom. The summed E-state index contributed by atoms with van der Waals surface area (Å²) in [6.07, 6.45) is 1.05. The van der Waals surface area contributed by atoms with E-state index in [1.165, 1.54) is 5.56 Å². The van der Waals surface area contributed by atoms with Gasteiger partial charge in [-0.05, 0) is 36.2 Å². The third-order valence-electron chi connectivity index (χ3n) is 4.93. The van der Waals surface area contributed by atoms with Gasteiger partial charge in [-0.15, -0.1) is 0 Å². The third-order valence-corrected chi connectivity index (χ3v) is 4.93. The van der Waals surface area contributed by atoms with Gasteiger partial charge < -0.3 is 19.7 Å². The average molecular weight is 383 g/mol. The Balaban J connectivity index is 1.29. The zero-order valence-electron chi connectivity index (χ0n) is 16.5. The number of ether oxygens (including phenoxy) is 2. The van der Waals surface area contributed by atoms with Crippen molar-refractivity contribution in [3.63, 3.8) is 0 Å². The molecule has 28 heavy (non-hydrogen) atoms. The fraction of sp³-hybridized carbons (Fsp3) is 0.409. The van der Waals surface area contributed by atoms with Gasteiger partial charge in [-0.25, -0.2) is 4.79 Å². The zero-order chi connectivity index (χ0) is 19.6. The quantitative estimate of drug-likeness (QED) is 0.712. The van der Waals surface area contributed by atoms with E-state index in [0.29, 0.717) is 13.2 Å². The number of methoxy groups -OCH3 is 1. The molecule has 0 bridgehead atoms. The Morgan fingerprint density at radius 1 is 0.964 bits per heavy atom. The van der Waals surface area contributed by atoms with Crippen molar-refractivity contribution < 1.29 is 14.3 Å². The Hall–Kier alpha value is -2.73. The first kappa shape index (κ1) is 20.0. The van der Waals surface area contributed by atoms with Crippen molar-refractivity contribution in [2.24, 2.45) is 0 Å². The van der Waals surface area contributed by atoms with E-state index in [4.69, 9.17) is 9.47 Å². The van der Waals surface area contributed by atoms with Crippen LogP contribution in [0.15, 0.2) is 54.6 Å². The van der Waals surface area contributed by atoms with Crippen molar-refractivity contribution in [1.29, 1.82) is 0 Å². The molecule has 1 aliphatic rings. The van der Waals surface area contributed by atoms with Gasteiger partial charge in [0.1, 0.15) is 18.1 Å². The van der Waals surface area contributed by atoms with Crippen LogP contribution >= 0.6 is 0 Å². The average Bonchev–Trinajstić information content (AvgIpc) is 2.76. The van der Waals surface area contributed by atoms with Crippen molar-refractivity contribution in [3.05, 3.63) is 60.2 Å². The number of carbonyl (C=O) groups is 1. The third kappa shape index (κ3) is 6.16. The van der Waals surface area contributed by atoms with Gasteiger partial charge in [-0.1, -0.05) is 30.3 Å². The molecule has 1 heterocycles. The number of amides is 2. The van der Waals surface area contributed by atoms with Crippen LogP contribution in [0, 0.1) is 0 Å². The van der Waals surface area contributed by atoms with Gasteiger partial charge >= 0.3 is 6.03 Å². The van der Waals surface area contributed by atoms with Crippen LogP contribution in [0.1, 0.15) is 5.56 Å². The van der Waals surface area contributed by atoms with E-state index in [0.717, 1.165) is 50.6 Å². The van der Waals surface area contributed by atoms with Crippen LogP contribution in [-0.4, -0.2) is 68.8 Å². The fourth-order valence-corrected chi connectivity index (χ4v) is 3.22. The lowest BCUT2D eigenvalue weighted by atomic mass is 10.1. The number of urea groups is 1. The van der Waals surface area contributed by atoms with Crippen LogP contribution in [0.5, 0.6) is 11.5 Å². The van der Waals surface area contributed by atoms with Gasteiger partial charge in [0.05, 0.1) is 13.7 Å². The van der Waals surface area contributed by atoms with Crippen LogP contribution < -0.4 is 14.8 Å². The second kappa shape index (κ2) is 10.6. The first-order valence-corrected chi connectivity index (χ1v) is 9.80. The predicted molar refractivity (Wildman–Crippen MR) is 110 cm³/mol. The minimum atomic E-state index is -0.0129. The molecule has 1 fully saturated rings. The molecule has 2 aromatic carbocycles. The first-order chi connectivity index (χ1) is 13.7. The maximum Gasteiger partial charge on any atom is 0.317 e. The second-order valence-electron chi connectivity index (χ2n) is 6.82. The van der Waals surface area contributed by atoms with Crippen LogP contribution in [0.25, 0.3) is 0 Å². The number of hydrogen-bond acceptors (Lipinski definition) is 4. The van der Waals surface area contributed by atoms with Crippen LogP contribution in [-0.2, 0) is 6.42 Å². The van der Waals surface area contributed by atoms with E-state index in [1.54, 1.807) is 7.11 Å². The molecule has 0 aromatic heterocycles. The summed E-state index contributed by atoms with van der Waals surface area (Å²) in [7, 11) is 1.63. The molecule has 2 amide bonds. The summed E-state index contributed by atoms with van der Waals surface area (Å²) in [5.41, 5.74) is 1.36. The first-order valence-electron chi connectivity index (χ1n) is 9.80. The molecular weight excluding hydrogens is 354 g/mol. The molecule has 0 spiro atoms. The van der Waals surface area contributed by atoms with E-state index in [-0.39, 0.29) is 6.03 Å². The number of piperazine rings is 1. The molecule has 0 radical (unpaired) electrons. The van der Waals surface area contributed by atoms with Gasteiger partial charge in [0.2, 0.25) is 0 Å². The maximum absolute atomic E-state index is 12.3. The molecule has 0 atom stereocenters. The maximum atomic E-state index is 12.3. The highest BCUT2D eigenvalue weighted by Crippen LogP contribution is 2.16. The number of rotatable bonds is 8. The summed E-state index contributed by atoms with van der Waals surface area (Å²) in [5.74, 6) is 1.56. The predicted octanol–water partition coefficient (Wildman–Crippen LogP) is 2.64. The molecule has 0 aliphatic carbocycles. The summed E-state index contributed by atoms with van der Waals surface area (Å²) in [6, 6.07) is 17.9. The van der Waals surface area contributed by atoms with Gasteiger partial charge in [0.25, 0.3) is 0 Å². The standard InChI is InChI=1S/C22H29N3O3/c1-27-20-7-9-21(10-8-20)28-18-12-23-22(26)25-16-14-24(15-17-25)13-11-19-5-3-2-4-6-19/h2-10H,11-18H2,1H3,(H,23,26). The van der Waals surface area contributed by atoms with Crippen LogP contribution in [0.4, 0.5) is 4.79 Å². The molecule has 1 aliphatic heterocycles. The van der Waals surface area contributed by atoms with Gasteiger partial charge in [0, 0.05) is 32.7 Å². The highest BCUT2D eigenvalue weighted by Gasteiger charge is 2.20. The summed E-state index contributed by atoms with van der Waals surface area (Å²) >= 11 is 0. The molecule has 6 heteroatoms. The minimum Gasteiger partial charge on any atom is -0.497 e. The number of nitrogens with zero attached hydrogens (tertiary/aromatic N) is 2.